The fourth-order valence-electron chi connectivity index (χ4n) is 4.39. The van der Waals surface area contributed by atoms with Crippen LogP contribution in [0.5, 0.6) is 0 Å². The Morgan fingerprint density at radius 1 is 0.778 bits per heavy atom. The van der Waals surface area contributed by atoms with Crippen molar-refractivity contribution in [2.45, 2.75) is 117 Å². The van der Waals surface area contributed by atoms with Crippen LogP contribution in [-0.4, -0.2) is 21.4 Å². The normalized spacial score (nSPS) is 11.1. The maximum absolute atomic E-state index is 11.8. The van der Waals surface area contributed by atoms with Gasteiger partial charge in [-0.15, -0.1) is 0 Å². The Morgan fingerprint density at radius 2 is 1.28 bits per heavy atom. The molecule has 0 radical (unpaired) electrons. The lowest BCUT2D eigenvalue weighted by atomic mass is 10.0. The Hall–Kier alpha value is -2.70. The molecular weight excluding hydrogens is 450 g/mol. The molecule has 7 heteroatoms. The van der Waals surface area contributed by atoms with E-state index in [4.69, 9.17) is 0 Å². The van der Waals surface area contributed by atoms with Crippen LogP contribution in [-0.2, 0) is 0 Å². The Balaban J connectivity index is 1.65. The smallest absolute Gasteiger partial charge is 0.353 e. The van der Waals surface area contributed by atoms with Crippen molar-refractivity contribution in [2.75, 3.05) is 17.2 Å². The number of anilines is 3. The van der Waals surface area contributed by atoms with E-state index in [0.717, 1.165) is 18.5 Å². The van der Waals surface area contributed by atoms with Crippen molar-refractivity contribution >= 4 is 23.0 Å². The molecule has 200 valence electrons. The van der Waals surface area contributed by atoms with Crippen LogP contribution in [0.1, 0.15) is 122 Å². The third-order valence-corrected chi connectivity index (χ3v) is 6.67. The zero-order valence-corrected chi connectivity index (χ0v) is 22.7. The van der Waals surface area contributed by atoms with Crippen molar-refractivity contribution < 1.29 is 4.92 Å². The maximum Gasteiger partial charge on any atom is 0.353 e. The maximum atomic E-state index is 11.8. The highest BCUT2D eigenvalue weighted by Gasteiger charge is 2.23. The van der Waals surface area contributed by atoms with Gasteiger partial charge in [0, 0.05) is 12.2 Å². The van der Waals surface area contributed by atoms with Crippen LogP contribution in [0.3, 0.4) is 0 Å². The first kappa shape index (κ1) is 29.5. The first-order chi connectivity index (χ1) is 17.5. The summed E-state index contributed by atoms with van der Waals surface area (Å²) in [6.45, 7) is 7.20. The van der Waals surface area contributed by atoms with Gasteiger partial charge in [0.25, 0.3) is 0 Å². The van der Waals surface area contributed by atoms with Gasteiger partial charge in [-0.05, 0) is 30.0 Å². The van der Waals surface area contributed by atoms with Gasteiger partial charge in [-0.2, -0.15) is 0 Å². The molecule has 2 aromatic rings. The second kappa shape index (κ2) is 17.7. The SMILES string of the molecule is CCCCCCCCCCCCCCCCNc1ncnc(Nc2ccc(C(C)C)cc2)c1[N+](=O)[O-]. The number of hydrogen-bond donors (Lipinski definition) is 2. The second-order valence-corrected chi connectivity index (χ2v) is 10.1. The summed E-state index contributed by atoms with van der Waals surface area (Å²) in [6.07, 6.45) is 19.7. The number of aromatic nitrogens is 2. The van der Waals surface area contributed by atoms with E-state index < -0.39 is 4.92 Å². The minimum absolute atomic E-state index is 0.115. The van der Waals surface area contributed by atoms with Crippen LogP contribution >= 0.6 is 0 Å². The van der Waals surface area contributed by atoms with E-state index in [2.05, 4.69) is 41.4 Å². The van der Waals surface area contributed by atoms with E-state index in [0.29, 0.717) is 12.5 Å². The molecule has 2 rings (SSSR count). The largest absolute Gasteiger partial charge is 0.364 e. The molecular formula is C29H47N5O2. The lowest BCUT2D eigenvalue weighted by Crippen LogP contribution is -2.09. The molecule has 0 saturated carbocycles. The Labute approximate surface area is 218 Å². The lowest BCUT2D eigenvalue weighted by Gasteiger charge is -2.11. The molecule has 1 aromatic heterocycles. The summed E-state index contributed by atoms with van der Waals surface area (Å²) in [5.74, 6) is 0.903. The Bertz CT molecular complexity index is 870. The highest BCUT2D eigenvalue weighted by atomic mass is 16.6. The average Bonchev–Trinajstić information content (AvgIpc) is 2.86. The molecule has 0 amide bonds. The summed E-state index contributed by atoms with van der Waals surface area (Å²) in [4.78, 5) is 19.6. The third-order valence-electron chi connectivity index (χ3n) is 6.67. The number of unbranched alkanes of at least 4 members (excludes halogenated alkanes) is 13. The molecule has 0 aliphatic heterocycles. The zero-order valence-electron chi connectivity index (χ0n) is 22.7. The molecule has 0 spiro atoms. The standard InChI is InChI=1S/C29H47N5O2/c1-4-5-6-7-8-9-10-11-12-13-14-15-16-17-22-30-28-27(34(35)36)29(32-23-31-28)33-26-20-18-25(19-21-26)24(2)3/h18-21,23-24H,4-17,22H2,1-3H3,(H2,30,31,32,33). The molecule has 2 N–H and O–H groups in total. The van der Waals surface area contributed by atoms with Crippen molar-refractivity contribution in [2.24, 2.45) is 0 Å². The highest BCUT2D eigenvalue weighted by Crippen LogP contribution is 2.31. The van der Waals surface area contributed by atoms with E-state index in [-0.39, 0.29) is 17.3 Å². The first-order valence-electron chi connectivity index (χ1n) is 14.1. The van der Waals surface area contributed by atoms with Crippen molar-refractivity contribution in [3.05, 3.63) is 46.3 Å². The molecule has 0 fully saturated rings. The van der Waals surface area contributed by atoms with Gasteiger partial charge in [0.05, 0.1) is 4.92 Å². The summed E-state index contributed by atoms with van der Waals surface area (Å²) in [7, 11) is 0. The van der Waals surface area contributed by atoms with E-state index in [1.807, 2.05) is 24.3 Å². The monoisotopic (exact) mass is 497 g/mol. The van der Waals surface area contributed by atoms with Crippen LogP contribution < -0.4 is 10.6 Å². The topological polar surface area (TPSA) is 93.0 Å². The van der Waals surface area contributed by atoms with E-state index in [9.17, 15) is 10.1 Å². The van der Waals surface area contributed by atoms with E-state index in [1.54, 1.807) is 0 Å². The zero-order chi connectivity index (χ0) is 26.0. The number of benzene rings is 1. The molecule has 7 nitrogen and oxygen atoms in total. The molecule has 0 saturated heterocycles. The number of nitro groups is 1. The summed E-state index contributed by atoms with van der Waals surface area (Å²) >= 11 is 0. The van der Waals surface area contributed by atoms with Crippen LogP contribution in [0.4, 0.5) is 23.0 Å². The van der Waals surface area contributed by atoms with E-state index in [1.165, 1.54) is 88.9 Å². The minimum atomic E-state index is -0.418. The Morgan fingerprint density at radius 3 is 1.78 bits per heavy atom. The number of nitrogens with one attached hydrogen (secondary N) is 2. The quantitative estimate of drug-likeness (QED) is 0.108. The summed E-state index contributed by atoms with van der Waals surface area (Å²) in [5, 5.41) is 18.0. The van der Waals surface area contributed by atoms with Crippen LogP contribution in [0.25, 0.3) is 0 Å². The molecule has 1 aromatic carbocycles. The molecule has 0 bridgehead atoms. The van der Waals surface area contributed by atoms with Gasteiger partial charge >= 0.3 is 5.69 Å². The highest BCUT2D eigenvalue weighted by molar-refractivity contribution is 5.73. The molecule has 0 aliphatic carbocycles. The van der Waals surface area contributed by atoms with Gasteiger partial charge in [0.2, 0.25) is 11.6 Å². The lowest BCUT2D eigenvalue weighted by molar-refractivity contribution is -0.383. The molecule has 0 atom stereocenters. The first-order valence-corrected chi connectivity index (χ1v) is 14.1. The molecule has 36 heavy (non-hydrogen) atoms. The van der Waals surface area contributed by atoms with Crippen molar-refractivity contribution in [3.8, 4) is 0 Å². The molecule has 0 unspecified atom stereocenters. The van der Waals surface area contributed by atoms with Gasteiger partial charge in [-0.25, -0.2) is 9.97 Å². The van der Waals surface area contributed by atoms with Gasteiger partial charge < -0.3 is 10.6 Å². The van der Waals surface area contributed by atoms with Crippen molar-refractivity contribution in [3.63, 3.8) is 0 Å². The van der Waals surface area contributed by atoms with Gasteiger partial charge in [-0.3, -0.25) is 10.1 Å². The summed E-state index contributed by atoms with van der Waals surface area (Å²) in [6, 6.07) is 7.88. The fraction of sp³-hybridized carbons (Fsp3) is 0.655. The van der Waals surface area contributed by atoms with Crippen LogP contribution in [0.15, 0.2) is 30.6 Å². The number of rotatable bonds is 20. The summed E-state index contributed by atoms with van der Waals surface area (Å²) < 4.78 is 0. The predicted octanol–water partition coefficient (Wildman–Crippen LogP) is 9.14. The third kappa shape index (κ3) is 11.4. The second-order valence-electron chi connectivity index (χ2n) is 10.1. The van der Waals surface area contributed by atoms with Gasteiger partial charge in [0.15, 0.2) is 0 Å². The van der Waals surface area contributed by atoms with Gasteiger partial charge in [-0.1, -0.05) is 116 Å². The Kier molecular flexibility index (Phi) is 14.5. The molecule has 1 heterocycles. The predicted molar refractivity (Wildman–Crippen MR) is 151 cm³/mol. The fourth-order valence-corrected chi connectivity index (χ4v) is 4.39. The van der Waals surface area contributed by atoms with Crippen molar-refractivity contribution in [1.82, 2.24) is 9.97 Å². The number of nitrogens with zero attached hydrogens (tertiary/aromatic N) is 3. The summed E-state index contributed by atoms with van der Waals surface area (Å²) in [5.41, 5.74) is 1.86. The molecule has 0 aliphatic rings. The van der Waals surface area contributed by atoms with Crippen LogP contribution in [0, 0.1) is 10.1 Å². The van der Waals surface area contributed by atoms with Crippen LogP contribution in [0.2, 0.25) is 0 Å². The van der Waals surface area contributed by atoms with Crippen molar-refractivity contribution in [1.29, 1.82) is 0 Å². The minimum Gasteiger partial charge on any atom is -0.364 e. The van der Waals surface area contributed by atoms with E-state index >= 15 is 0 Å². The van der Waals surface area contributed by atoms with Gasteiger partial charge in [0.1, 0.15) is 6.33 Å². The number of hydrogen-bond acceptors (Lipinski definition) is 6. The average molecular weight is 498 g/mol.